The first kappa shape index (κ1) is 12.9. The Morgan fingerprint density at radius 2 is 2.11 bits per heavy atom. The molecule has 0 saturated heterocycles. The van der Waals surface area contributed by atoms with E-state index in [0.717, 1.165) is 19.5 Å². The van der Waals surface area contributed by atoms with Crippen molar-refractivity contribution in [3.05, 3.63) is 56.8 Å². The summed E-state index contributed by atoms with van der Waals surface area (Å²) in [5.74, 6) is 0. The summed E-state index contributed by atoms with van der Waals surface area (Å²) in [6.07, 6.45) is 3.17. The summed E-state index contributed by atoms with van der Waals surface area (Å²) in [5, 5.41) is 6.94. The van der Waals surface area contributed by atoms with Crippen LogP contribution >= 0.6 is 27.3 Å². The van der Waals surface area contributed by atoms with Gasteiger partial charge in [0, 0.05) is 33.0 Å². The highest BCUT2D eigenvalue weighted by molar-refractivity contribution is 9.10. The number of aromatic amines is 1. The van der Waals surface area contributed by atoms with E-state index in [4.69, 9.17) is 0 Å². The van der Waals surface area contributed by atoms with Crippen molar-refractivity contribution < 1.29 is 0 Å². The van der Waals surface area contributed by atoms with Gasteiger partial charge in [-0.15, -0.1) is 11.3 Å². The van der Waals surface area contributed by atoms with Crippen LogP contribution in [0.1, 0.15) is 10.4 Å². The zero-order valence-corrected chi connectivity index (χ0v) is 12.9. The molecule has 1 aromatic carbocycles. The van der Waals surface area contributed by atoms with Crippen LogP contribution in [0, 0.1) is 0 Å². The molecule has 0 atom stereocenters. The fourth-order valence-corrected chi connectivity index (χ4v) is 3.68. The SMILES string of the molecule is Brc1ccsc1CNCCc1c[nH]c2ccccc12. The van der Waals surface area contributed by atoms with Crippen molar-refractivity contribution in [3.63, 3.8) is 0 Å². The molecule has 0 aliphatic carbocycles. The lowest BCUT2D eigenvalue weighted by Crippen LogP contribution is -2.16. The third kappa shape index (κ3) is 2.91. The molecule has 0 saturated carbocycles. The van der Waals surface area contributed by atoms with Gasteiger partial charge in [0.05, 0.1) is 0 Å². The Bertz CT molecular complexity index is 671. The molecule has 0 aliphatic rings. The van der Waals surface area contributed by atoms with E-state index in [1.165, 1.54) is 25.8 Å². The van der Waals surface area contributed by atoms with Gasteiger partial charge in [0.2, 0.25) is 0 Å². The summed E-state index contributed by atoms with van der Waals surface area (Å²) in [6, 6.07) is 10.6. The maximum absolute atomic E-state index is 3.56. The van der Waals surface area contributed by atoms with E-state index < -0.39 is 0 Å². The minimum absolute atomic E-state index is 0.931. The Morgan fingerprint density at radius 3 is 2.95 bits per heavy atom. The Kier molecular flexibility index (Phi) is 4.01. The molecule has 0 aliphatic heterocycles. The molecule has 4 heteroatoms. The predicted octanol–water partition coefficient (Wildman–Crippen LogP) is 4.32. The standard InChI is InChI=1S/C15H15BrN2S/c16-13-6-8-19-15(13)10-17-7-5-11-9-18-14-4-2-1-3-12(11)14/h1-4,6,8-9,17-18H,5,7,10H2. The normalized spacial score (nSPS) is 11.2. The number of thiophene rings is 1. The van der Waals surface area contributed by atoms with Gasteiger partial charge in [0.25, 0.3) is 0 Å². The molecule has 98 valence electrons. The zero-order chi connectivity index (χ0) is 13.1. The second kappa shape index (κ2) is 5.90. The number of para-hydroxylation sites is 1. The van der Waals surface area contributed by atoms with Crippen LogP contribution in [0.5, 0.6) is 0 Å². The first-order valence-corrected chi connectivity index (χ1v) is 7.99. The predicted molar refractivity (Wildman–Crippen MR) is 85.7 cm³/mol. The van der Waals surface area contributed by atoms with Crippen molar-refractivity contribution in [2.24, 2.45) is 0 Å². The molecule has 0 spiro atoms. The number of aromatic nitrogens is 1. The van der Waals surface area contributed by atoms with Gasteiger partial charge in [-0.05, 0) is 52.0 Å². The monoisotopic (exact) mass is 334 g/mol. The molecule has 2 N–H and O–H groups in total. The van der Waals surface area contributed by atoms with E-state index in [9.17, 15) is 0 Å². The van der Waals surface area contributed by atoms with E-state index in [1.54, 1.807) is 11.3 Å². The molecule has 3 aromatic rings. The summed E-state index contributed by atoms with van der Waals surface area (Å²) in [4.78, 5) is 4.68. The largest absolute Gasteiger partial charge is 0.361 e. The minimum atomic E-state index is 0.931. The van der Waals surface area contributed by atoms with Gasteiger partial charge in [0.1, 0.15) is 0 Å². The van der Waals surface area contributed by atoms with Crippen LogP contribution in [0.15, 0.2) is 46.4 Å². The quantitative estimate of drug-likeness (QED) is 0.668. The third-order valence-electron chi connectivity index (χ3n) is 3.22. The van der Waals surface area contributed by atoms with Gasteiger partial charge in [-0.3, -0.25) is 0 Å². The van der Waals surface area contributed by atoms with Gasteiger partial charge in [-0.2, -0.15) is 0 Å². The number of halogens is 1. The Hall–Kier alpha value is -1.10. The topological polar surface area (TPSA) is 27.8 Å². The average Bonchev–Trinajstić information content (AvgIpc) is 3.02. The molecule has 3 rings (SSSR count). The lowest BCUT2D eigenvalue weighted by Gasteiger charge is -2.03. The second-order valence-electron chi connectivity index (χ2n) is 4.48. The minimum Gasteiger partial charge on any atom is -0.361 e. The molecule has 0 fully saturated rings. The highest BCUT2D eigenvalue weighted by Crippen LogP contribution is 2.22. The lowest BCUT2D eigenvalue weighted by atomic mass is 10.1. The number of H-pyrrole nitrogens is 1. The van der Waals surface area contributed by atoms with Crippen LogP contribution in [-0.4, -0.2) is 11.5 Å². The molecule has 2 aromatic heterocycles. The van der Waals surface area contributed by atoms with Gasteiger partial charge >= 0.3 is 0 Å². The number of hydrogen-bond acceptors (Lipinski definition) is 2. The van der Waals surface area contributed by atoms with Crippen LogP contribution in [0.2, 0.25) is 0 Å². The smallest absolute Gasteiger partial charge is 0.0456 e. The van der Waals surface area contributed by atoms with Gasteiger partial charge in [0.15, 0.2) is 0 Å². The molecule has 0 amide bonds. The Morgan fingerprint density at radius 1 is 1.21 bits per heavy atom. The van der Waals surface area contributed by atoms with Gasteiger partial charge in [-0.25, -0.2) is 0 Å². The summed E-state index contributed by atoms with van der Waals surface area (Å²) < 4.78 is 1.21. The first-order chi connectivity index (χ1) is 9.34. The number of rotatable bonds is 5. The highest BCUT2D eigenvalue weighted by Gasteiger charge is 2.03. The van der Waals surface area contributed by atoms with Crippen LogP contribution in [0.4, 0.5) is 0 Å². The Balaban J connectivity index is 1.57. The van der Waals surface area contributed by atoms with Gasteiger partial charge < -0.3 is 10.3 Å². The molecule has 0 unspecified atom stereocenters. The molecule has 2 heterocycles. The van der Waals surface area contributed by atoms with E-state index in [-0.39, 0.29) is 0 Å². The van der Waals surface area contributed by atoms with Crippen molar-refractivity contribution in [1.29, 1.82) is 0 Å². The number of nitrogens with one attached hydrogen (secondary N) is 2. The van der Waals surface area contributed by atoms with Crippen LogP contribution < -0.4 is 5.32 Å². The lowest BCUT2D eigenvalue weighted by molar-refractivity contribution is 0.694. The van der Waals surface area contributed by atoms with Crippen LogP contribution in [-0.2, 0) is 13.0 Å². The zero-order valence-electron chi connectivity index (χ0n) is 10.4. The van der Waals surface area contributed by atoms with E-state index in [2.05, 4.69) is 68.1 Å². The van der Waals surface area contributed by atoms with E-state index in [0.29, 0.717) is 0 Å². The van der Waals surface area contributed by atoms with Crippen molar-refractivity contribution in [2.75, 3.05) is 6.54 Å². The van der Waals surface area contributed by atoms with Crippen LogP contribution in [0.25, 0.3) is 10.9 Å². The molecular formula is C15H15BrN2S. The first-order valence-electron chi connectivity index (χ1n) is 6.32. The summed E-state index contributed by atoms with van der Waals surface area (Å²) in [7, 11) is 0. The summed E-state index contributed by atoms with van der Waals surface area (Å²) >= 11 is 5.34. The maximum Gasteiger partial charge on any atom is 0.0456 e. The van der Waals surface area contributed by atoms with Crippen molar-refractivity contribution in [2.45, 2.75) is 13.0 Å². The van der Waals surface area contributed by atoms with Crippen molar-refractivity contribution >= 4 is 38.2 Å². The molecule has 0 bridgehead atoms. The van der Waals surface area contributed by atoms with Crippen molar-refractivity contribution in [3.8, 4) is 0 Å². The van der Waals surface area contributed by atoms with Gasteiger partial charge in [-0.1, -0.05) is 18.2 Å². The second-order valence-corrected chi connectivity index (χ2v) is 6.33. The fourth-order valence-electron chi connectivity index (χ4n) is 2.21. The fraction of sp³-hybridized carbons (Fsp3) is 0.200. The highest BCUT2D eigenvalue weighted by atomic mass is 79.9. The maximum atomic E-state index is 3.56. The third-order valence-corrected chi connectivity index (χ3v) is 5.15. The molecule has 0 radical (unpaired) electrons. The summed E-state index contributed by atoms with van der Waals surface area (Å²) in [6.45, 7) is 1.92. The molecule has 19 heavy (non-hydrogen) atoms. The van der Waals surface area contributed by atoms with E-state index >= 15 is 0 Å². The Labute approximate surface area is 125 Å². The van der Waals surface area contributed by atoms with E-state index in [1.807, 2.05) is 0 Å². The average molecular weight is 335 g/mol. The number of hydrogen-bond donors (Lipinski definition) is 2. The number of benzene rings is 1. The van der Waals surface area contributed by atoms with Crippen LogP contribution in [0.3, 0.4) is 0 Å². The summed E-state index contributed by atoms with van der Waals surface area (Å²) in [5.41, 5.74) is 2.60. The molecule has 2 nitrogen and oxygen atoms in total. The molecular weight excluding hydrogens is 320 g/mol. The van der Waals surface area contributed by atoms with Crippen molar-refractivity contribution in [1.82, 2.24) is 10.3 Å². The number of fused-ring (bicyclic) bond motifs is 1.